The lowest BCUT2D eigenvalue weighted by molar-refractivity contribution is 0.204. The first-order chi connectivity index (χ1) is 7.33. The van der Waals surface area contributed by atoms with Crippen LogP contribution in [0.3, 0.4) is 0 Å². The molecular weight excluding hydrogens is 258 g/mol. The van der Waals surface area contributed by atoms with E-state index in [1.165, 1.54) is 12.8 Å². The summed E-state index contributed by atoms with van der Waals surface area (Å²) in [7, 11) is 1.72. The van der Waals surface area contributed by atoms with Gasteiger partial charge in [0.15, 0.2) is 0 Å². The molecule has 15 heavy (non-hydrogen) atoms. The zero-order valence-corrected chi connectivity index (χ0v) is 10.3. The van der Waals surface area contributed by atoms with Crippen molar-refractivity contribution in [2.45, 2.75) is 18.9 Å². The van der Waals surface area contributed by atoms with E-state index in [-0.39, 0.29) is 0 Å². The molecule has 1 aromatic rings. The van der Waals surface area contributed by atoms with Gasteiger partial charge in [0, 0.05) is 25.9 Å². The Bertz CT molecular complexity index is 330. The van der Waals surface area contributed by atoms with E-state index in [9.17, 15) is 0 Å². The van der Waals surface area contributed by atoms with E-state index in [1.807, 2.05) is 0 Å². The summed E-state index contributed by atoms with van der Waals surface area (Å²) in [6.45, 7) is 1.61. The molecule has 1 aromatic heterocycles. The number of methoxy groups -OCH3 is 1. The summed E-state index contributed by atoms with van der Waals surface area (Å²) in [4.78, 5) is 10.6. The van der Waals surface area contributed by atoms with Crippen LogP contribution in [0.15, 0.2) is 17.0 Å². The quantitative estimate of drug-likeness (QED) is 0.820. The van der Waals surface area contributed by atoms with Gasteiger partial charge in [-0.25, -0.2) is 9.97 Å². The maximum atomic E-state index is 5.11. The third-order valence-corrected chi connectivity index (χ3v) is 3.00. The predicted octanol–water partition coefficient (Wildman–Crippen LogP) is 1.85. The fourth-order valence-corrected chi connectivity index (χ4v) is 2.00. The SMILES string of the molecule is COCCN(c1ncncc1Br)C1CC1. The Morgan fingerprint density at radius 3 is 3.00 bits per heavy atom. The van der Waals surface area contributed by atoms with E-state index < -0.39 is 0 Å². The van der Waals surface area contributed by atoms with E-state index >= 15 is 0 Å². The van der Waals surface area contributed by atoms with Crippen molar-refractivity contribution in [2.75, 3.05) is 25.2 Å². The molecule has 0 unspecified atom stereocenters. The fraction of sp³-hybridized carbons (Fsp3) is 0.600. The molecule has 2 rings (SSSR count). The summed E-state index contributed by atoms with van der Waals surface area (Å²) in [6.07, 6.45) is 5.87. The molecule has 0 aromatic carbocycles. The van der Waals surface area contributed by atoms with E-state index in [0.29, 0.717) is 6.04 Å². The van der Waals surface area contributed by atoms with Crippen molar-refractivity contribution in [2.24, 2.45) is 0 Å². The third-order valence-electron chi connectivity index (χ3n) is 2.44. The number of rotatable bonds is 5. The second-order valence-corrected chi connectivity index (χ2v) is 4.47. The van der Waals surface area contributed by atoms with Crippen LogP contribution >= 0.6 is 15.9 Å². The van der Waals surface area contributed by atoms with Gasteiger partial charge in [0.2, 0.25) is 0 Å². The minimum Gasteiger partial charge on any atom is -0.383 e. The van der Waals surface area contributed by atoms with Crippen LogP contribution in [0.1, 0.15) is 12.8 Å². The largest absolute Gasteiger partial charge is 0.383 e. The molecule has 4 nitrogen and oxygen atoms in total. The maximum absolute atomic E-state index is 5.11. The van der Waals surface area contributed by atoms with Crippen molar-refractivity contribution in [1.29, 1.82) is 0 Å². The smallest absolute Gasteiger partial charge is 0.146 e. The van der Waals surface area contributed by atoms with E-state index in [0.717, 1.165) is 23.4 Å². The summed E-state index contributed by atoms with van der Waals surface area (Å²) in [6, 6.07) is 0.631. The number of halogens is 1. The minimum absolute atomic E-state index is 0.631. The molecule has 0 N–H and O–H groups in total. The summed E-state index contributed by atoms with van der Waals surface area (Å²) in [5, 5.41) is 0. The van der Waals surface area contributed by atoms with Gasteiger partial charge in [-0.3, -0.25) is 0 Å². The average molecular weight is 272 g/mol. The van der Waals surface area contributed by atoms with Gasteiger partial charge in [-0.15, -0.1) is 0 Å². The highest BCUT2D eigenvalue weighted by molar-refractivity contribution is 9.10. The van der Waals surface area contributed by atoms with E-state index in [2.05, 4.69) is 30.8 Å². The molecule has 5 heteroatoms. The van der Waals surface area contributed by atoms with Crippen LogP contribution in [0.25, 0.3) is 0 Å². The Morgan fingerprint density at radius 1 is 1.60 bits per heavy atom. The Hall–Kier alpha value is -0.680. The average Bonchev–Trinajstić information content (AvgIpc) is 3.05. The third kappa shape index (κ3) is 2.66. The van der Waals surface area contributed by atoms with Gasteiger partial charge in [0.25, 0.3) is 0 Å². The molecule has 0 radical (unpaired) electrons. The molecule has 1 aliphatic rings. The fourth-order valence-electron chi connectivity index (χ4n) is 1.55. The molecule has 1 heterocycles. The van der Waals surface area contributed by atoms with Crippen LogP contribution in [0.5, 0.6) is 0 Å². The second kappa shape index (κ2) is 4.90. The van der Waals surface area contributed by atoms with Crippen LogP contribution in [0.4, 0.5) is 5.82 Å². The Labute approximate surface area is 97.8 Å². The second-order valence-electron chi connectivity index (χ2n) is 3.61. The maximum Gasteiger partial charge on any atom is 0.146 e. The van der Waals surface area contributed by atoms with Gasteiger partial charge >= 0.3 is 0 Å². The first-order valence-corrected chi connectivity index (χ1v) is 5.83. The van der Waals surface area contributed by atoms with Crippen molar-refractivity contribution in [3.05, 3.63) is 17.0 Å². The lowest BCUT2D eigenvalue weighted by Crippen LogP contribution is -2.30. The molecule has 82 valence electrons. The molecule has 1 aliphatic carbocycles. The van der Waals surface area contributed by atoms with Gasteiger partial charge in [0.1, 0.15) is 12.1 Å². The van der Waals surface area contributed by atoms with Gasteiger partial charge in [-0.1, -0.05) is 0 Å². The zero-order chi connectivity index (χ0) is 10.7. The van der Waals surface area contributed by atoms with E-state index in [4.69, 9.17) is 4.74 Å². The Morgan fingerprint density at radius 2 is 2.40 bits per heavy atom. The van der Waals surface area contributed by atoms with Crippen LogP contribution in [-0.2, 0) is 4.74 Å². The minimum atomic E-state index is 0.631. The molecule has 1 fully saturated rings. The summed E-state index contributed by atoms with van der Waals surface area (Å²) < 4.78 is 6.06. The lowest BCUT2D eigenvalue weighted by atomic mass is 10.4. The van der Waals surface area contributed by atoms with Crippen molar-refractivity contribution in [1.82, 2.24) is 9.97 Å². The van der Waals surface area contributed by atoms with Crippen LogP contribution < -0.4 is 4.90 Å². The molecule has 0 atom stereocenters. The van der Waals surface area contributed by atoms with E-state index in [1.54, 1.807) is 19.6 Å². The number of ether oxygens (including phenoxy) is 1. The molecule has 0 aliphatic heterocycles. The normalized spacial score (nSPS) is 15.3. The lowest BCUT2D eigenvalue weighted by Gasteiger charge is -2.23. The highest BCUT2D eigenvalue weighted by Gasteiger charge is 2.30. The van der Waals surface area contributed by atoms with Crippen molar-refractivity contribution in [3.63, 3.8) is 0 Å². The van der Waals surface area contributed by atoms with Gasteiger partial charge < -0.3 is 9.64 Å². The topological polar surface area (TPSA) is 38.2 Å². The molecule has 0 bridgehead atoms. The van der Waals surface area contributed by atoms with Crippen LogP contribution in [-0.4, -0.2) is 36.3 Å². The molecule has 0 saturated heterocycles. The number of aromatic nitrogens is 2. The van der Waals surface area contributed by atoms with Gasteiger partial charge in [-0.05, 0) is 28.8 Å². The molecule has 0 spiro atoms. The molecular formula is C10H14BrN3O. The molecule has 0 amide bonds. The summed E-state index contributed by atoms with van der Waals surface area (Å²) in [5.74, 6) is 0.976. The summed E-state index contributed by atoms with van der Waals surface area (Å²) in [5.41, 5.74) is 0. The standard InChI is InChI=1S/C10H14BrN3O/c1-15-5-4-14(8-2-3-8)10-9(11)6-12-7-13-10/h6-8H,2-5H2,1H3. The number of nitrogens with zero attached hydrogens (tertiary/aromatic N) is 3. The van der Waals surface area contributed by atoms with Crippen LogP contribution in [0.2, 0.25) is 0 Å². The van der Waals surface area contributed by atoms with Crippen LogP contribution in [0, 0.1) is 0 Å². The monoisotopic (exact) mass is 271 g/mol. The first-order valence-electron chi connectivity index (χ1n) is 5.04. The number of hydrogen-bond donors (Lipinski definition) is 0. The predicted molar refractivity (Wildman–Crippen MR) is 62.0 cm³/mol. The first kappa shape index (κ1) is 10.8. The highest BCUT2D eigenvalue weighted by Crippen LogP contribution is 2.33. The summed E-state index contributed by atoms with van der Waals surface area (Å²) >= 11 is 3.48. The van der Waals surface area contributed by atoms with Gasteiger partial charge in [-0.2, -0.15) is 0 Å². The number of hydrogen-bond acceptors (Lipinski definition) is 4. The Balaban J connectivity index is 2.13. The highest BCUT2D eigenvalue weighted by atomic mass is 79.9. The van der Waals surface area contributed by atoms with Gasteiger partial charge in [0.05, 0.1) is 11.1 Å². The zero-order valence-electron chi connectivity index (χ0n) is 8.69. The van der Waals surface area contributed by atoms with Crippen molar-refractivity contribution in [3.8, 4) is 0 Å². The Kier molecular flexibility index (Phi) is 3.53. The van der Waals surface area contributed by atoms with Crippen molar-refractivity contribution < 1.29 is 4.74 Å². The van der Waals surface area contributed by atoms with Crippen molar-refractivity contribution >= 4 is 21.7 Å². The molecule has 1 saturated carbocycles. The number of anilines is 1.